The molecule has 1 aliphatic heterocycles. The Labute approximate surface area is 210 Å². The molecule has 2 aliphatic rings. The van der Waals surface area contributed by atoms with Crippen LogP contribution >= 0.6 is 11.6 Å². The molecule has 178 valence electrons. The summed E-state index contributed by atoms with van der Waals surface area (Å²) in [5.41, 5.74) is 7.47. The number of fused-ring (bicyclic) bond motifs is 2. The number of aromatic nitrogens is 2. The predicted molar refractivity (Wildman–Crippen MR) is 136 cm³/mol. The molecule has 0 fully saturated rings. The number of nitrogens with one attached hydrogen (secondary N) is 1. The highest BCUT2D eigenvalue weighted by atomic mass is 35.5. The van der Waals surface area contributed by atoms with Crippen LogP contribution in [-0.4, -0.2) is 35.6 Å². The molecule has 0 spiro atoms. The van der Waals surface area contributed by atoms with Gasteiger partial charge in [0.2, 0.25) is 13.3 Å². The quantitative estimate of drug-likeness (QED) is 0.532. The maximum atomic E-state index is 12.0. The number of rotatable bonds is 5. The van der Waals surface area contributed by atoms with E-state index in [4.69, 9.17) is 23.1 Å². The molecule has 0 radical (unpaired) electrons. The third-order valence-corrected chi connectivity index (χ3v) is 7.63. The minimum absolute atomic E-state index is 0.0248. The maximum Gasteiger partial charge on any atom is 0.227 e. The fourth-order valence-corrected chi connectivity index (χ4v) is 5.60. The molecule has 0 saturated carbocycles. The zero-order valence-electron chi connectivity index (χ0n) is 20.9. The van der Waals surface area contributed by atoms with Gasteiger partial charge >= 0.3 is 0 Å². The fourth-order valence-electron chi connectivity index (χ4n) is 5.28. The van der Waals surface area contributed by atoms with Gasteiger partial charge in [-0.3, -0.25) is 4.79 Å². The van der Waals surface area contributed by atoms with Gasteiger partial charge in [0.05, 0.1) is 34.6 Å². The molecule has 2 heterocycles. The average molecular weight is 490 g/mol. The molecule has 1 atom stereocenters. The van der Waals surface area contributed by atoms with Gasteiger partial charge in [-0.2, -0.15) is 5.26 Å². The molecule has 0 bridgehead atoms. The van der Waals surface area contributed by atoms with Crippen molar-refractivity contribution in [2.75, 3.05) is 23.4 Å². The van der Waals surface area contributed by atoms with Gasteiger partial charge in [0, 0.05) is 36.3 Å². The first-order valence-electron chi connectivity index (χ1n) is 12.0. The smallest absolute Gasteiger partial charge is 0.227 e. The number of aliphatic hydroxyl groups is 1. The summed E-state index contributed by atoms with van der Waals surface area (Å²) in [4.78, 5) is 22.9. The second kappa shape index (κ2) is 8.63. The summed E-state index contributed by atoms with van der Waals surface area (Å²) in [6.45, 7) is 6.50. The zero-order valence-corrected chi connectivity index (χ0v) is 20.7. The van der Waals surface area contributed by atoms with E-state index in [9.17, 15) is 10.1 Å². The van der Waals surface area contributed by atoms with Crippen LogP contribution in [0, 0.1) is 18.3 Å². The Balaban J connectivity index is 1.51. The lowest BCUT2D eigenvalue weighted by Crippen LogP contribution is -2.26. The summed E-state index contributed by atoms with van der Waals surface area (Å²) in [7, 11) is 0. The summed E-state index contributed by atoms with van der Waals surface area (Å²) in [6, 6.07) is 9.88. The van der Waals surface area contributed by atoms with E-state index < -0.39 is 0 Å². The molecule has 2 aromatic carbocycles. The van der Waals surface area contributed by atoms with Gasteiger partial charge < -0.3 is 15.3 Å². The number of nitrogens with zero attached hydrogens (tertiary/aromatic N) is 4. The van der Waals surface area contributed by atoms with Crippen molar-refractivity contribution in [3.63, 3.8) is 0 Å². The number of hydrogen-bond donors (Lipinski definition) is 2. The van der Waals surface area contributed by atoms with Crippen LogP contribution in [0.15, 0.2) is 30.5 Å². The topological polar surface area (TPSA) is 102 Å². The van der Waals surface area contributed by atoms with E-state index in [1.165, 1.54) is 0 Å². The molecule has 3 aromatic rings. The maximum absolute atomic E-state index is 12.0. The Bertz CT molecular complexity index is 1440. The second-order valence-corrected chi connectivity index (χ2v) is 9.94. The number of halogens is 1. The van der Waals surface area contributed by atoms with Gasteiger partial charge in [-0.1, -0.05) is 18.5 Å². The van der Waals surface area contributed by atoms with Crippen LogP contribution in [0.3, 0.4) is 0 Å². The molecule has 0 saturated heterocycles. The molecule has 5 rings (SSSR count). The second-order valence-electron chi connectivity index (χ2n) is 9.54. The number of nitriles is 1. The lowest BCUT2D eigenvalue weighted by Gasteiger charge is -2.23. The summed E-state index contributed by atoms with van der Waals surface area (Å²) < 4.78 is 7.27. The number of amides is 1. The van der Waals surface area contributed by atoms with Gasteiger partial charge in [-0.15, -0.1) is 0 Å². The van der Waals surface area contributed by atoms with Crippen molar-refractivity contribution in [1.82, 2.24) is 9.97 Å². The number of aliphatic hydroxyl groups excluding tert-OH is 1. The fraction of sp³-hybridized carbons (Fsp3) is 0.333. The molecule has 7 nitrogen and oxygen atoms in total. The molecule has 1 aromatic heterocycles. The van der Waals surface area contributed by atoms with Crippen molar-refractivity contribution >= 4 is 34.8 Å². The van der Waals surface area contributed by atoms with Crippen molar-refractivity contribution in [3.05, 3.63) is 63.3 Å². The van der Waals surface area contributed by atoms with Crippen molar-refractivity contribution in [2.24, 2.45) is 0 Å². The molecule has 1 aliphatic carbocycles. The van der Waals surface area contributed by atoms with Crippen LogP contribution in [0.2, 0.25) is 5.02 Å². The van der Waals surface area contributed by atoms with E-state index in [2.05, 4.69) is 29.4 Å². The summed E-state index contributed by atoms with van der Waals surface area (Å²) >= 11 is 6.59. The average Bonchev–Trinajstić information content (AvgIpc) is 3.45. The Morgan fingerprint density at radius 2 is 2.20 bits per heavy atom. The Morgan fingerprint density at radius 3 is 2.94 bits per heavy atom. The monoisotopic (exact) mass is 489 g/mol. The van der Waals surface area contributed by atoms with Gasteiger partial charge in [-0.25, -0.2) is 9.97 Å². The number of carbonyl (C=O) groups excluding carboxylic acids is 1. The van der Waals surface area contributed by atoms with Gasteiger partial charge in [-0.05, 0) is 72.7 Å². The molecule has 2 N–H and O–H groups in total. The summed E-state index contributed by atoms with van der Waals surface area (Å²) in [5, 5.41) is 18.4. The van der Waals surface area contributed by atoms with Gasteiger partial charge in [0.1, 0.15) is 0 Å². The first-order valence-corrected chi connectivity index (χ1v) is 12.0. The van der Waals surface area contributed by atoms with E-state index in [0.29, 0.717) is 28.8 Å². The zero-order chi connectivity index (χ0) is 25.6. The molecule has 1 amide bonds. The van der Waals surface area contributed by atoms with Crippen LogP contribution in [0.1, 0.15) is 48.1 Å². The number of carbonyl (C=O) groups is 1. The molecule has 1 unspecified atom stereocenters. The van der Waals surface area contributed by atoms with Crippen molar-refractivity contribution in [3.8, 4) is 17.3 Å². The Hall–Kier alpha value is -3.47. The summed E-state index contributed by atoms with van der Waals surface area (Å²) in [6.07, 6.45) is 4.03. The normalized spacial score (nSPS) is 18.6. The lowest BCUT2D eigenvalue weighted by molar-refractivity contribution is -0.116. The highest BCUT2D eigenvalue weighted by Gasteiger charge is 2.36. The van der Waals surface area contributed by atoms with E-state index in [-0.39, 0.29) is 17.9 Å². The van der Waals surface area contributed by atoms with E-state index in [1.807, 2.05) is 25.1 Å². The van der Waals surface area contributed by atoms with Crippen molar-refractivity contribution in [1.29, 1.82) is 6.69 Å². The number of hydrogen-bond acceptors (Lipinski definition) is 6. The SMILES string of the molecule is [3H]OCC1(C)CCc2c(C#N)cc(-c3ccnc(Nc4cc(Cl)c5c(c4C)CCN5C(C)=O)n3)cc21. The molecular weight excluding hydrogens is 462 g/mol. The standard InChI is InChI=1S/C27H26ClN5O2/c1-15-19-6-9-33(16(2)35)25(19)22(28)12-24(15)32-26-30-8-5-23(31-26)17-10-18(13-29)20-4-7-27(3,14-34)21(20)11-17/h5,8,10-12,34H,4,6-7,9,14H2,1-3H3,(H,30,31,32)/i34T. The highest BCUT2D eigenvalue weighted by molar-refractivity contribution is 6.34. The largest absolute Gasteiger partial charge is 0.395 e. The lowest BCUT2D eigenvalue weighted by atomic mass is 9.83. The third kappa shape index (κ3) is 3.83. The Kier molecular flexibility index (Phi) is 5.43. The minimum Gasteiger partial charge on any atom is -0.395 e. The van der Waals surface area contributed by atoms with E-state index in [0.717, 1.165) is 58.5 Å². The molecule has 8 heteroatoms. The molecular formula is C27H26ClN5O2. The number of anilines is 3. The first kappa shape index (κ1) is 22.0. The highest BCUT2D eigenvalue weighted by Crippen LogP contribution is 2.43. The van der Waals surface area contributed by atoms with Crippen molar-refractivity contribution in [2.45, 2.75) is 45.4 Å². The Morgan fingerprint density at radius 1 is 1.37 bits per heavy atom. The van der Waals surface area contributed by atoms with Crippen LogP contribution in [0.5, 0.6) is 0 Å². The predicted octanol–water partition coefficient (Wildman–Crippen LogP) is 4.83. The molecule has 35 heavy (non-hydrogen) atoms. The first-order chi connectivity index (χ1) is 17.3. The van der Waals surface area contributed by atoms with Crippen LogP contribution in [0.4, 0.5) is 17.3 Å². The van der Waals surface area contributed by atoms with Gasteiger partial charge in [0.25, 0.3) is 0 Å². The minimum atomic E-state index is -0.321. The number of benzene rings is 2. The van der Waals surface area contributed by atoms with Crippen molar-refractivity contribution < 1.29 is 9.90 Å². The summed E-state index contributed by atoms with van der Waals surface area (Å²) in [5.74, 6) is 0.382. The van der Waals surface area contributed by atoms with Gasteiger partial charge in [0.15, 0.2) is 0 Å². The van der Waals surface area contributed by atoms with Crippen LogP contribution in [0.25, 0.3) is 11.3 Å². The third-order valence-electron chi connectivity index (χ3n) is 7.34. The van der Waals surface area contributed by atoms with Crippen LogP contribution in [-0.2, 0) is 23.1 Å². The van der Waals surface area contributed by atoms with E-state index in [1.54, 1.807) is 18.0 Å². The van der Waals surface area contributed by atoms with E-state index >= 15 is 0 Å². The van der Waals surface area contributed by atoms with Crippen LogP contribution < -0.4 is 10.2 Å².